The molecule has 0 amide bonds. The molecular weight excluding hydrogens is 421 g/mol. The van der Waals surface area contributed by atoms with Gasteiger partial charge in [0, 0.05) is 24.6 Å². The lowest BCUT2D eigenvalue weighted by atomic mass is 9.98. The third-order valence-corrected chi connectivity index (χ3v) is 5.31. The molecule has 30 heavy (non-hydrogen) atoms. The largest absolute Gasteiger partial charge is 0.573 e. The second kappa shape index (κ2) is 8.09. The molecule has 3 aromatic rings. The standard InChI is InChI=1S/C19H15F3N4O3S/c20-19(21,22)29-13-5-3-11(4-6-13)15-16-18(30-10-23-16)25-17(24-15)12-8-26(9-12)14(28)2-1-7-27/h1-7,10,12,14,28H,8-9H2/b2-1+/t14-/m0/s1. The van der Waals surface area contributed by atoms with Gasteiger partial charge < -0.3 is 9.84 Å². The minimum absolute atomic E-state index is 0.0256. The van der Waals surface area contributed by atoms with Gasteiger partial charge >= 0.3 is 6.36 Å². The smallest absolute Gasteiger partial charge is 0.406 e. The zero-order chi connectivity index (χ0) is 21.3. The van der Waals surface area contributed by atoms with Crippen molar-refractivity contribution in [3.05, 3.63) is 47.8 Å². The number of carbonyl (C=O) groups is 1. The van der Waals surface area contributed by atoms with Crippen LogP contribution in [0.5, 0.6) is 5.75 Å². The summed E-state index contributed by atoms with van der Waals surface area (Å²) in [5, 5.41) is 9.98. The van der Waals surface area contributed by atoms with E-state index >= 15 is 0 Å². The Morgan fingerprint density at radius 3 is 2.63 bits per heavy atom. The molecule has 7 nitrogen and oxygen atoms in total. The molecule has 1 atom stereocenters. The fourth-order valence-electron chi connectivity index (χ4n) is 3.14. The van der Waals surface area contributed by atoms with Gasteiger partial charge in [0.2, 0.25) is 0 Å². The predicted octanol–water partition coefficient (Wildman–Crippen LogP) is 3.12. The van der Waals surface area contributed by atoms with E-state index < -0.39 is 12.6 Å². The number of allylic oxidation sites excluding steroid dienone is 1. The monoisotopic (exact) mass is 436 g/mol. The van der Waals surface area contributed by atoms with Crippen LogP contribution < -0.4 is 4.74 Å². The van der Waals surface area contributed by atoms with E-state index in [1.54, 1.807) is 10.4 Å². The van der Waals surface area contributed by atoms with E-state index in [1.807, 2.05) is 0 Å². The van der Waals surface area contributed by atoms with Crippen molar-refractivity contribution in [2.75, 3.05) is 13.1 Å². The number of aromatic nitrogens is 3. The van der Waals surface area contributed by atoms with Crippen molar-refractivity contribution in [1.29, 1.82) is 0 Å². The van der Waals surface area contributed by atoms with Crippen molar-refractivity contribution in [2.45, 2.75) is 18.5 Å². The maximum atomic E-state index is 12.4. The Morgan fingerprint density at radius 2 is 1.97 bits per heavy atom. The van der Waals surface area contributed by atoms with Crippen LogP contribution in [-0.2, 0) is 4.79 Å². The number of aldehydes is 1. The summed E-state index contributed by atoms with van der Waals surface area (Å²) in [6, 6.07) is 5.44. The number of nitrogens with zero attached hydrogens (tertiary/aromatic N) is 4. The summed E-state index contributed by atoms with van der Waals surface area (Å²) in [6.07, 6.45) is -2.39. The highest BCUT2D eigenvalue weighted by molar-refractivity contribution is 7.16. The number of rotatable bonds is 6. The van der Waals surface area contributed by atoms with Crippen molar-refractivity contribution < 1.29 is 27.8 Å². The van der Waals surface area contributed by atoms with Gasteiger partial charge in [0.1, 0.15) is 40.1 Å². The van der Waals surface area contributed by atoms with Crippen molar-refractivity contribution in [1.82, 2.24) is 19.9 Å². The van der Waals surface area contributed by atoms with E-state index in [-0.39, 0.29) is 11.7 Å². The Bertz CT molecular complexity index is 1080. The first-order valence-electron chi connectivity index (χ1n) is 8.85. The number of likely N-dealkylation sites (tertiary alicyclic amines) is 1. The number of carbonyl (C=O) groups excluding carboxylic acids is 1. The van der Waals surface area contributed by atoms with E-state index in [1.165, 1.54) is 47.8 Å². The average Bonchev–Trinajstić information content (AvgIpc) is 3.12. The molecule has 1 aliphatic heterocycles. The summed E-state index contributed by atoms with van der Waals surface area (Å²) in [7, 11) is 0. The maximum absolute atomic E-state index is 12.4. The maximum Gasteiger partial charge on any atom is 0.573 e. The van der Waals surface area contributed by atoms with Gasteiger partial charge in [-0.05, 0) is 36.4 Å². The minimum Gasteiger partial charge on any atom is -0.406 e. The molecular formula is C19H15F3N4O3S. The normalized spacial score (nSPS) is 16.7. The van der Waals surface area contributed by atoms with Crippen molar-refractivity contribution >= 4 is 28.0 Å². The van der Waals surface area contributed by atoms with Crippen LogP contribution in [0.1, 0.15) is 11.7 Å². The Kier molecular flexibility index (Phi) is 5.50. The highest BCUT2D eigenvalue weighted by Gasteiger charge is 2.34. The van der Waals surface area contributed by atoms with Gasteiger partial charge in [0.25, 0.3) is 0 Å². The minimum atomic E-state index is -4.76. The number of hydrogen-bond acceptors (Lipinski definition) is 8. The summed E-state index contributed by atoms with van der Waals surface area (Å²) in [6.45, 7) is 1.01. The number of halogens is 3. The third-order valence-electron chi connectivity index (χ3n) is 4.59. The van der Waals surface area contributed by atoms with Gasteiger partial charge in [-0.25, -0.2) is 15.0 Å². The van der Waals surface area contributed by atoms with E-state index in [4.69, 9.17) is 0 Å². The molecule has 0 spiro atoms. The molecule has 0 radical (unpaired) electrons. The van der Waals surface area contributed by atoms with Crippen LogP contribution in [0.25, 0.3) is 21.6 Å². The lowest BCUT2D eigenvalue weighted by Crippen LogP contribution is -2.50. The molecule has 2 aromatic heterocycles. The molecule has 0 bridgehead atoms. The van der Waals surface area contributed by atoms with Crippen molar-refractivity contribution in [3.8, 4) is 17.0 Å². The summed E-state index contributed by atoms with van der Waals surface area (Å²) >= 11 is 1.34. The zero-order valence-electron chi connectivity index (χ0n) is 15.3. The Labute approximate surface area is 172 Å². The van der Waals surface area contributed by atoms with E-state index in [0.29, 0.717) is 46.8 Å². The highest BCUT2D eigenvalue weighted by Crippen LogP contribution is 2.33. The number of aliphatic hydroxyl groups is 1. The summed E-state index contributed by atoms with van der Waals surface area (Å²) in [5.74, 6) is 0.226. The first kappa shape index (κ1) is 20.4. The highest BCUT2D eigenvalue weighted by atomic mass is 32.1. The number of alkyl halides is 3. The molecule has 0 unspecified atom stereocenters. The molecule has 3 heterocycles. The van der Waals surface area contributed by atoms with E-state index in [0.717, 1.165) is 0 Å². The molecule has 11 heteroatoms. The molecule has 1 fully saturated rings. The van der Waals surface area contributed by atoms with E-state index in [2.05, 4.69) is 19.7 Å². The molecule has 4 rings (SSSR count). The lowest BCUT2D eigenvalue weighted by Gasteiger charge is -2.40. The van der Waals surface area contributed by atoms with Gasteiger partial charge in [-0.3, -0.25) is 9.69 Å². The summed E-state index contributed by atoms with van der Waals surface area (Å²) < 4.78 is 41.1. The molecule has 1 aliphatic rings. The fraction of sp³-hybridized carbons (Fsp3) is 0.263. The Morgan fingerprint density at radius 1 is 1.23 bits per heavy atom. The number of hydrogen-bond donors (Lipinski definition) is 1. The van der Waals surface area contributed by atoms with Gasteiger partial charge in [0.05, 0.1) is 5.51 Å². The molecule has 1 saturated heterocycles. The quantitative estimate of drug-likeness (QED) is 0.469. The van der Waals surface area contributed by atoms with Crippen LogP contribution >= 0.6 is 11.3 Å². The summed E-state index contributed by atoms with van der Waals surface area (Å²) in [4.78, 5) is 26.3. The number of benzene rings is 1. The van der Waals surface area contributed by atoms with Gasteiger partial charge in [-0.1, -0.05) is 0 Å². The SMILES string of the molecule is O=C/C=C/[C@H](O)N1CC(c2nc(-c3ccc(OC(F)(F)F)cc3)c3ncsc3n2)C1. The van der Waals surface area contributed by atoms with Crippen LogP contribution in [0.4, 0.5) is 13.2 Å². The zero-order valence-corrected chi connectivity index (χ0v) is 16.1. The molecule has 156 valence electrons. The number of aliphatic hydroxyl groups excluding tert-OH is 1. The summed E-state index contributed by atoms with van der Waals surface area (Å²) in [5.41, 5.74) is 3.32. The van der Waals surface area contributed by atoms with Gasteiger partial charge in [-0.15, -0.1) is 24.5 Å². The number of thiazole rings is 1. The Hall–Kier alpha value is -2.89. The molecule has 1 aromatic carbocycles. The molecule has 0 aliphatic carbocycles. The first-order chi connectivity index (χ1) is 14.3. The average molecular weight is 436 g/mol. The van der Waals surface area contributed by atoms with Crippen molar-refractivity contribution in [3.63, 3.8) is 0 Å². The number of ether oxygens (including phenoxy) is 1. The Balaban J connectivity index is 1.58. The van der Waals surface area contributed by atoms with Crippen LogP contribution in [0, 0.1) is 0 Å². The fourth-order valence-corrected chi connectivity index (χ4v) is 3.80. The topological polar surface area (TPSA) is 88.4 Å². The van der Waals surface area contributed by atoms with Gasteiger partial charge in [-0.2, -0.15) is 0 Å². The van der Waals surface area contributed by atoms with Crippen LogP contribution in [0.15, 0.2) is 41.9 Å². The van der Waals surface area contributed by atoms with Crippen LogP contribution in [-0.4, -0.2) is 56.9 Å². The molecule has 0 saturated carbocycles. The van der Waals surface area contributed by atoms with Crippen molar-refractivity contribution in [2.24, 2.45) is 0 Å². The first-order valence-corrected chi connectivity index (χ1v) is 9.73. The van der Waals surface area contributed by atoms with Gasteiger partial charge in [0.15, 0.2) is 0 Å². The number of fused-ring (bicyclic) bond motifs is 1. The second-order valence-electron chi connectivity index (χ2n) is 6.59. The third kappa shape index (κ3) is 4.32. The second-order valence-corrected chi connectivity index (χ2v) is 7.43. The van der Waals surface area contributed by atoms with E-state index in [9.17, 15) is 23.1 Å². The van der Waals surface area contributed by atoms with Crippen LogP contribution in [0.2, 0.25) is 0 Å². The lowest BCUT2D eigenvalue weighted by molar-refractivity contribution is -0.274. The molecule has 1 N–H and O–H groups in total. The van der Waals surface area contributed by atoms with Crippen LogP contribution in [0.3, 0.4) is 0 Å². The predicted molar refractivity (Wildman–Crippen MR) is 103 cm³/mol.